The fourth-order valence-corrected chi connectivity index (χ4v) is 1.90. The lowest BCUT2D eigenvalue weighted by Gasteiger charge is -2.17. The minimum atomic E-state index is 0.629. The molecule has 0 aromatic heterocycles. The molecule has 14 heavy (non-hydrogen) atoms. The Balaban J connectivity index is 3.08. The van der Waals surface area contributed by atoms with Crippen LogP contribution in [0.3, 0.4) is 0 Å². The van der Waals surface area contributed by atoms with Gasteiger partial charge in [-0.15, -0.1) is 0 Å². The molecule has 78 valence electrons. The van der Waals surface area contributed by atoms with Gasteiger partial charge in [0.2, 0.25) is 0 Å². The summed E-state index contributed by atoms with van der Waals surface area (Å²) in [6.07, 6.45) is 2.35. The average molecular weight is 192 g/mol. The number of hydrogen-bond donors (Lipinski definition) is 0. The second-order valence-electron chi connectivity index (χ2n) is 3.76. The van der Waals surface area contributed by atoms with Crippen molar-refractivity contribution >= 4 is 0 Å². The van der Waals surface area contributed by atoms with Crippen molar-refractivity contribution in [3.8, 4) is 5.75 Å². The van der Waals surface area contributed by atoms with Crippen molar-refractivity contribution in [1.82, 2.24) is 0 Å². The molecule has 0 atom stereocenters. The lowest BCUT2D eigenvalue weighted by Crippen LogP contribution is -1.99. The Morgan fingerprint density at radius 3 is 2.36 bits per heavy atom. The van der Waals surface area contributed by atoms with Gasteiger partial charge in [0.1, 0.15) is 5.75 Å². The smallest absolute Gasteiger partial charge is 0.122 e. The summed E-state index contributed by atoms with van der Waals surface area (Å²) >= 11 is 0. The summed E-state index contributed by atoms with van der Waals surface area (Å²) in [6, 6.07) is 6.42. The Kier molecular flexibility index (Phi) is 3.99. The van der Waals surface area contributed by atoms with Crippen LogP contribution in [0.4, 0.5) is 0 Å². The van der Waals surface area contributed by atoms with Crippen LogP contribution in [0.5, 0.6) is 5.75 Å². The number of rotatable bonds is 4. The zero-order valence-corrected chi connectivity index (χ0v) is 9.63. The Bertz CT molecular complexity index is 287. The molecule has 0 saturated carbocycles. The summed E-state index contributed by atoms with van der Waals surface area (Å²) in [5.74, 6) is 1.66. The first-order chi connectivity index (χ1) is 6.72. The van der Waals surface area contributed by atoms with Crippen molar-refractivity contribution in [1.29, 1.82) is 0 Å². The molecule has 0 heterocycles. The summed E-state index contributed by atoms with van der Waals surface area (Å²) in [4.78, 5) is 0. The van der Waals surface area contributed by atoms with Crippen LogP contribution in [0, 0.1) is 6.92 Å². The molecule has 0 saturated heterocycles. The van der Waals surface area contributed by atoms with Crippen LogP contribution in [0.2, 0.25) is 0 Å². The summed E-state index contributed by atoms with van der Waals surface area (Å²) in [6.45, 7) is 6.59. The lowest BCUT2D eigenvalue weighted by molar-refractivity contribution is 0.403. The second-order valence-corrected chi connectivity index (χ2v) is 3.76. The maximum absolute atomic E-state index is 5.38. The summed E-state index contributed by atoms with van der Waals surface area (Å²) in [5, 5.41) is 0. The number of benzene rings is 1. The van der Waals surface area contributed by atoms with Gasteiger partial charge in [-0.25, -0.2) is 0 Å². The molecule has 0 fully saturated rings. The first kappa shape index (κ1) is 11.1. The molecule has 0 amide bonds. The predicted molar refractivity (Wildman–Crippen MR) is 61.1 cm³/mol. The molecule has 1 rings (SSSR count). The van der Waals surface area contributed by atoms with Gasteiger partial charge in [0.05, 0.1) is 7.11 Å². The highest BCUT2D eigenvalue weighted by molar-refractivity contribution is 5.39. The van der Waals surface area contributed by atoms with Crippen LogP contribution in [-0.4, -0.2) is 7.11 Å². The Hall–Kier alpha value is -0.980. The van der Waals surface area contributed by atoms with Gasteiger partial charge in [-0.3, -0.25) is 0 Å². The molecule has 1 aromatic rings. The largest absolute Gasteiger partial charge is 0.496 e. The summed E-state index contributed by atoms with van der Waals surface area (Å²) in [5.41, 5.74) is 2.67. The van der Waals surface area contributed by atoms with E-state index in [1.54, 1.807) is 7.11 Å². The van der Waals surface area contributed by atoms with E-state index in [2.05, 4.69) is 39.0 Å². The third kappa shape index (κ3) is 2.28. The first-order valence-corrected chi connectivity index (χ1v) is 5.37. The Morgan fingerprint density at radius 1 is 1.21 bits per heavy atom. The molecule has 1 nitrogen and oxygen atoms in total. The van der Waals surface area contributed by atoms with Crippen molar-refractivity contribution in [2.45, 2.75) is 39.5 Å². The van der Waals surface area contributed by atoms with E-state index in [9.17, 15) is 0 Å². The van der Waals surface area contributed by atoms with E-state index in [-0.39, 0.29) is 0 Å². The van der Waals surface area contributed by atoms with Crippen molar-refractivity contribution in [3.05, 3.63) is 29.3 Å². The fraction of sp³-hybridized carbons (Fsp3) is 0.538. The highest BCUT2D eigenvalue weighted by atomic mass is 16.5. The number of ether oxygens (including phenoxy) is 1. The molecule has 0 aliphatic heterocycles. The van der Waals surface area contributed by atoms with Crippen molar-refractivity contribution in [3.63, 3.8) is 0 Å². The van der Waals surface area contributed by atoms with Crippen molar-refractivity contribution in [2.75, 3.05) is 7.11 Å². The second kappa shape index (κ2) is 5.04. The number of hydrogen-bond acceptors (Lipinski definition) is 1. The van der Waals surface area contributed by atoms with Gasteiger partial charge >= 0.3 is 0 Å². The van der Waals surface area contributed by atoms with E-state index >= 15 is 0 Å². The lowest BCUT2D eigenvalue weighted by atomic mass is 9.92. The Labute approximate surface area is 87.1 Å². The molecule has 0 N–H and O–H groups in total. The van der Waals surface area contributed by atoms with Gasteiger partial charge in [-0.2, -0.15) is 0 Å². The quantitative estimate of drug-likeness (QED) is 0.703. The molecule has 1 aromatic carbocycles. The predicted octanol–water partition coefficient (Wildman–Crippen LogP) is 3.91. The molecule has 0 unspecified atom stereocenters. The van der Waals surface area contributed by atoms with Gasteiger partial charge in [-0.05, 0) is 37.3 Å². The average Bonchev–Trinajstić information content (AvgIpc) is 2.20. The van der Waals surface area contributed by atoms with Crippen LogP contribution in [0.15, 0.2) is 18.2 Å². The van der Waals surface area contributed by atoms with E-state index in [0.29, 0.717) is 5.92 Å². The molecule has 0 aliphatic carbocycles. The van der Waals surface area contributed by atoms with Crippen molar-refractivity contribution < 1.29 is 4.74 Å². The summed E-state index contributed by atoms with van der Waals surface area (Å²) < 4.78 is 5.38. The first-order valence-electron chi connectivity index (χ1n) is 5.37. The molecular weight excluding hydrogens is 172 g/mol. The minimum absolute atomic E-state index is 0.629. The Morgan fingerprint density at radius 2 is 1.86 bits per heavy atom. The molecular formula is C13H20O. The normalized spacial score (nSPS) is 10.6. The SMILES string of the molecule is CCC(CC)c1cc(C)ccc1OC. The van der Waals surface area contributed by atoms with Gasteiger partial charge in [0.25, 0.3) is 0 Å². The highest BCUT2D eigenvalue weighted by Crippen LogP contribution is 2.31. The number of methoxy groups -OCH3 is 1. The zero-order valence-electron chi connectivity index (χ0n) is 9.63. The van der Waals surface area contributed by atoms with E-state index in [0.717, 1.165) is 5.75 Å². The molecule has 1 heteroatoms. The van der Waals surface area contributed by atoms with Gasteiger partial charge < -0.3 is 4.74 Å². The third-order valence-corrected chi connectivity index (χ3v) is 2.81. The van der Waals surface area contributed by atoms with Gasteiger partial charge in [-0.1, -0.05) is 31.5 Å². The van der Waals surface area contributed by atoms with E-state index in [1.165, 1.54) is 24.0 Å². The molecule has 0 radical (unpaired) electrons. The van der Waals surface area contributed by atoms with Crippen LogP contribution in [0.25, 0.3) is 0 Å². The zero-order chi connectivity index (χ0) is 10.6. The number of aryl methyl sites for hydroxylation is 1. The van der Waals surface area contributed by atoms with Gasteiger partial charge in [0.15, 0.2) is 0 Å². The minimum Gasteiger partial charge on any atom is -0.496 e. The van der Waals surface area contributed by atoms with Crippen LogP contribution in [0.1, 0.15) is 43.7 Å². The molecule has 0 bridgehead atoms. The van der Waals surface area contributed by atoms with Crippen molar-refractivity contribution in [2.24, 2.45) is 0 Å². The van der Waals surface area contributed by atoms with E-state index in [1.807, 2.05) is 0 Å². The maximum atomic E-state index is 5.38. The standard InChI is InChI=1S/C13H20O/c1-5-11(6-2)12-9-10(3)7-8-13(12)14-4/h7-9,11H,5-6H2,1-4H3. The maximum Gasteiger partial charge on any atom is 0.122 e. The van der Waals surface area contributed by atoms with Crippen LogP contribution < -0.4 is 4.74 Å². The van der Waals surface area contributed by atoms with Crippen LogP contribution in [-0.2, 0) is 0 Å². The molecule has 0 aliphatic rings. The summed E-state index contributed by atoms with van der Waals surface area (Å²) in [7, 11) is 1.75. The van der Waals surface area contributed by atoms with E-state index < -0.39 is 0 Å². The van der Waals surface area contributed by atoms with E-state index in [4.69, 9.17) is 4.74 Å². The van der Waals surface area contributed by atoms with Gasteiger partial charge in [0, 0.05) is 0 Å². The molecule has 0 spiro atoms. The monoisotopic (exact) mass is 192 g/mol. The topological polar surface area (TPSA) is 9.23 Å². The third-order valence-electron chi connectivity index (χ3n) is 2.81. The highest BCUT2D eigenvalue weighted by Gasteiger charge is 2.12. The fourth-order valence-electron chi connectivity index (χ4n) is 1.90. The van der Waals surface area contributed by atoms with Crippen LogP contribution >= 0.6 is 0 Å².